The van der Waals surface area contributed by atoms with Crippen molar-refractivity contribution in [2.45, 2.75) is 0 Å². The molecule has 1 heterocycles. The lowest BCUT2D eigenvalue weighted by Crippen LogP contribution is -2.05. The van der Waals surface area contributed by atoms with Crippen LogP contribution in [-0.2, 0) is 4.74 Å². The fraction of sp³-hybridized carbons (Fsp3) is 0. The average Bonchev–Trinajstić information content (AvgIpc) is 2.69. The molecule has 0 amide bonds. The highest BCUT2D eigenvalue weighted by atomic mass is 16.7. The van der Waals surface area contributed by atoms with Gasteiger partial charge in [-0.25, -0.2) is 24.2 Å². The monoisotopic (exact) mass is 298 g/mol. The molecule has 0 fully saturated rings. The van der Waals surface area contributed by atoms with Gasteiger partial charge < -0.3 is 40.4 Å². The van der Waals surface area contributed by atoms with E-state index in [1.54, 1.807) is 18.7 Å². The maximum atomic E-state index is 9.21. The van der Waals surface area contributed by atoms with Crippen LogP contribution < -0.4 is 0 Å². The first-order valence-corrected chi connectivity index (χ1v) is 3.99. The summed E-state index contributed by atoms with van der Waals surface area (Å²) in [5.74, 6) is 0. The Morgan fingerprint density at radius 2 is 1.20 bits per heavy atom. The van der Waals surface area contributed by atoms with Crippen molar-refractivity contribution in [2.75, 3.05) is 0 Å². The van der Waals surface area contributed by atoms with Crippen molar-refractivity contribution < 1.29 is 54.6 Å². The lowest BCUT2D eigenvalue weighted by atomic mass is 11.0. The number of aromatic nitrogens is 2. The smallest absolute Gasteiger partial charge is 0.450 e. The van der Waals surface area contributed by atoms with Gasteiger partial charge in [-0.3, -0.25) is 0 Å². The van der Waals surface area contributed by atoms with Crippen LogP contribution in [0.4, 0.5) is 19.2 Å². The van der Waals surface area contributed by atoms with E-state index in [0.717, 1.165) is 0 Å². The molecular formula is C7H10N2O11. The highest BCUT2D eigenvalue weighted by molar-refractivity contribution is 5.74. The zero-order valence-electron chi connectivity index (χ0n) is 9.40. The topological polar surface area (TPSA) is 228 Å². The van der Waals surface area contributed by atoms with Crippen LogP contribution in [0.25, 0.3) is 0 Å². The van der Waals surface area contributed by atoms with Crippen LogP contribution in [0.2, 0.25) is 0 Å². The zero-order chi connectivity index (χ0) is 16.6. The maximum absolute atomic E-state index is 9.21. The van der Waals surface area contributed by atoms with E-state index in [9.17, 15) is 9.59 Å². The largest absolute Gasteiger partial charge is 0.516 e. The predicted molar refractivity (Wildman–Crippen MR) is 57.0 cm³/mol. The molecule has 0 aromatic carbocycles. The third-order valence-electron chi connectivity index (χ3n) is 0.581. The van der Waals surface area contributed by atoms with Crippen molar-refractivity contribution in [3.05, 3.63) is 18.7 Å². The summed E-state index contributed by atoms with van der Waals surface area (Å²) in [6.07, 6.45) is -2.21. The molecule has 0 aliphatic heterocycles. The Balaban J connectivity index is -0.000000199. The summed E-state index contributed by atoms with van der Waals surface area (Å²) in [5.41, 5.74) is 0. The Hall–Kier alpha value is -3.51. The zero-order valence-corrected chi connectivity index (χ0v) is 9.40. The summed E-state index contributed by atoms with van der Waals surface area (Å²) in [5, 5.41) is 42.9. The highest BCUT2D eigenvalue weighted by Gasteiger charge is 2.01. The van der Waals surface area contributed by atoms with Crippen LogP contribution in [0, 0.1) is 0 Å². The first-order valence-electron chi connectivity index (χ1n) is 3.99. The Morgan fingerprint density at radius 3 is 1.25 bits per heavy atom. The molecule has 13 heteroatoms. The van der Waals surface area contributed by atoms with E-state index >= 15 is 0 Å². The SMILES string of the molecule is O=C(O)O.O=C(O)O.O=C(O)OC(=O)O.c1c[nH]cn1. The highest BCUT2D eigenvalue weighted by Crippen LogP contribution is 1.73. The van der Waals surface area contributed by atoms with Crippen LogP contribution >= 0.6 is 0 Å². The lowest BCUT2D eigenvalue weighted by Gasteiger charge is -1.84. The van der Waals surface area contributed by atoms with Gasteiger partial charge in [0.05, 0.1) is 6.33 Å². The number of H-pyrrole nitrogens is 1. The minimum absolute atomic E-state index is 1.62. The number of rotatable bonds is 0. The average molecular weight is 298 g/mol. The standard InChI is InChI=1S/C3H4N2.C2H2O5.2CH2O3/c1-2-5-3-4-1;3-1(4)7-2(5)6;2*2-1(3)4/h1-3H,(H,4,5);(H,3,4)(H,5,6);2*(H2,2,3,4). The molecule has 1 aromatic rings. The van der Waals surface area contributed by atoms with Gasteiger partial charge in [0.1, 0.15) is 0 Å². The normalized spacial score (nSPS) is 7.00. The van der Waals surface area contributed by atoms with Gasteiger partial charge in [0.25, 0.3) is 0 Å². The molecule has 20 heavy (non-hydrogen) atoms. The first kappa shape index (κ1) is 21.7. The number of imidazole rings is 1. The van der Waals surface area contributed by atoms with Crippen molar-refractivity contribution in [3.63, 3.8) is 0 Å². The van der Waals surface area contributed by atoms with Crippen molar-refractivity contribution in [3.8, 4) is 0 Å². The van der Waals surface area contributed by atoms with Crippen LogP contribution in [0.5, 0.6) is 0 Å². The minimum Gasteiger partial charge on any atom is -0.450 e. The van der Waals surface area contributed by atoms with Gasteiger partial charge in [-0.15, -0.1) is 0 Å². The van der Waals surface area contributed by atoms with E-state index in [1.165, 1.54) is 0 Å². The summed E-state index contributed by atoms with van der Waals surface area (Å²) in [4.78, 5) is 41.9. The molecule has 0 saturated heterocycles. The molecule has 0 aliphatic rings. The van der Waals surface area contributed by atoms with Crippen molar-refractivity contribution in [2.24, 2.45) is 0 Å². The van der Waals surface area contributed by atoms with E-state index in [-0.39, 0.29) is 0 Å². The third kappa shape index (κ3) is 87.5. The molecule has 0 saturated carbocycles. The number of carboxylic acid groups (broad SMARTS) is 6. The number of nitrogens with one attached hydrogen (secondary N) is 1. The fourth-order valence-electron chi connectivity index (χ4n) is 0.290. The maximum Gasteiger partial charge on any atom is 0.516 e. The molecule has 1 aromatic heterocycles. The molecule has 114 valence electrons. The van der Waals surface area contributed by atoms with Crippen LogP contribution in [-0.4, -0.2) is 65.2 Å². The Morgan fingerprint density at radius 1 is 0.850 bits per heavy atom. The quantitative estimate of drug-likeness (QED) is 0.264. The molecular weight excluding hydrogens is 288 g/mol. The Labute approximate surface area is 109 Å². The van der Waals surface area contributed by atoms with Crippen molar-refractivity contribution >= 4 is 24.6 Å². The first-order chi connectivity index (χ1) is 9.09. The summed E-state index contributed by atoms with van der Waals surface area (Å²) in [7, 11) is 0. The van der Waals surface area contributed by atoms with Crippen molar-refractivity contribution in [1.82, 2.24) is 9.97 Å². The third-order valence-corrected chi connectivity index (χ3v) is 0.581. The van der Waals surface area contributed by atoms with Gasteiger partial charge in [0.15, 0.2) is 0 Å². The molecule has 0 bridgehead atoms. The molecule has 13 nitrogen and oxygen atoms in total. The summed E-state index contributed by atoms with van der Waals surface area (Å²) >= 11 is 0. The summed E-state index contributed by atoms with van der Waals surface area (Å²) < 4.78 is 3.08. The van der Waals surface area contributed by atoms with Gasteiger partial charge in [0, 0.05) is 12.4 Å². The summed E-state index contributed by atoms with van der Waals surface area (Å²) in [6, 6.07) is 0. The second-order valence-electron chi connectivity index (χ2n) is 1.96. The second-order valence-corrected chi connectivity index (χ2v) is 1.96. The van der Waals surface area contributed by atoms with Crippen LogP contribution in [0.1, 0.15) is 0 Å². The molecule has 0 atom stereocenters. The number of hydrogen-bond acceptors (Lipinski definition) is 6. The van der Waals surface area contributed by atoms with Gasteiger partial charge in [-0.2, -0.15) is 0 Å². The molecule has 7 N–H and O–H groups in total. The molecule has 0 unspecified atom stereocenters. The molecule has 1 rings (SSSR count). The fourth-order valence-corrected chi connectivity index (χ4v) is 0.290. The lowest BCUT2D eigenvalue weighted by molar-refractivity contribution is 0.0800. The van der Waals surface area contributed by atoms with E-state index < -0.39 is 24.6 Å². The Bertz CT molecular complexity index is 338. The van der Waals surface area contributed by atoms with Gasteiger partial charge in [-0.05, 0) is 0 Å². The Kier molecular flexibility index (Phi) is 16.8. The van der Waals surface area contributed by atoms with Gasteiger partial charge >= 0.3 is 24.6 Å². The molecule has 0 spiro atoms. The number of nitrogens with zero attached hydrogens (tertiary/aromatic N) is 1. The predicted octanol–water partition coefficient (Wildman–Crippen LogP) is 1.21. The number of aromatic amines is 1. The van der Waals surface area contributed by atoms with Crippen molar-refractivity contribution in [1.29, 1.82) is 0 Å². The minimum atomic E-state index is -1.83. The van der Waals surface area contributed by atoms with Gasteiger partial charge in [0.2, 0.25) is 0 Å². The van der Waals surface area contributed by atoms with E-state index in [4.69, 9.17) is 40.2 Å². The van der Waals surface area contributed by atoms with E-state index in [1.807, 2.05) is 0 Å². The van der Waals surface area contributed by atoms with Crippen LogP contribution in [0.15, 0.2) is 18.7 Å². The number of ether oxygens (including phenoxy) is 1. The molecule has 0 radical (unpaired) electrons. The van der Waals surface area contributed by atoms with E-state index in [2.05, 4.69) is 14.7 Å². The van der Waals surface area contributed by atoms with Gasteiger partial charge in [-0.1, -0.05) is 0 Å². The number of carbonyl (C=O) groups is 4. The molecule has 0 aliphatic carbocycles. The second kappa shape index (κ2) is 15.5. The summed E-state index contributed by atoms with van der Waals surface area (Å²) in [6.45, 7) is 0. The number of hydrogen-bond donors (Lipinski definition) is 7. The van der Waals surface area contributed by atoms with E-state index in [0.29, 0.717) is 0 Å². The van der Waals surface area contributed by atoms with Crippen LogP contribution in [0.3, 0.4) is 0 Å².